The molecule has 0 aromatic heterocycles. The van der Waals surface area contributed by atoms with Crippen molar-refractivity contribution in [2.75, 3.05) is 32.7 Å². The molecule has 1 saturated heterocycles. The summed E-state index contributed by atoms with van der Waals surface area (Å²) in [5.41, 5.74) is 1.19. The molecule has 8 heteroatoms. The van der Waals surface area contributed by atoms with Crippen molar-refractivity contribution in [1.29, 1.82) is 0 Å². The quantitative estimate of drug-likeness (QED) is 0.675. The second kappa shape index (κ2) is 8.83. The molecule has 160 valence electrons. The van der Waals surface area contributed by atoms with Crippen molar-refractivity contribution in [2.45, 2.75) is 30.3 Å². The number of nitrogens with zero attached hydrogens (tertiary/aromatic N) is 3. The van der Waals surface area contributed by atoms with E-state index in [0.717, 1.165) is 31.5 Å². The molecule has 1 amide bonds. The van der Waals surface area contributed by atoms with Gasteiger partial charge in [-0.05, 0) is 42.7 Å². The minimum atomic E-state index is -3.68. The fourth-order valence-electron chi connectivity index (χ4n) is 3.78. The number of carbonyl (C=O) groups is 1. The standard InChI is InChI=1S/C22H26FN3O3S/c23-19-6-10-21(11-7-19)30(28,29)26-14-12-24(13-15-26)22(27)17-25(20-8-9-20)16-18-4-2-1-3-5-18/h1-7,10-11,20H,8-9,12-17H2. The second-order valence-corrected chi connectivity index (χ2v) is 9.80. The summed E-state index contributed by atoms with van der Waals surface area (Å²) in [6, 6.07) is 15.4. The van der Waals surface area contributed by atoms with Gasteiger partial charge in [-0.3, -0.25) is 9.69 Å². The van der Waals surface area contributed by atoms with Crippen molar-refractivity contribution >= 4 is 15.9 Å². The van der Waals surface area contributed by atoms with Crippen LogP contribution in [0.15, 0.2) is 59.5 Å². The maximum Gasteiger partial charge on any atom is 0.243 e. The zero-order valence-electron chi connectivity index (χ0n) is 16.8. The number of benzene rings is 2. The lowest BCUT2D eigenvalue weighted by atomic mass is 10.2. The average Bonchev–Trinajstić information content (AvgIpc) is 3.60. The van der Waals surface area contributed by atoms with Crippen LogP contribution in [0.2, 0.25) is 0 Å². The molecule has 1 aliphatic carbocycles. The molecule has 0 unspecified atom stereocenters. The Bertz CT molecular complexity index is 970. The minimum absolute atomic E-state index is 0.0386. The van der Waals surface area contributed by atoms with Crippen LogP contribution in [0.25, 0.3) is 0 Å². The van der Waals surface area contributed by atoms with Crippen LogP contribution in [-0.4, -0.2) is 67.2 Å². The topological polar surface area (TPSA) is 60.9 Å². The van der Waals surface area contributed by atoms with Crippen LogP contribution >= 0.6 is 0 Å². The third-order valence-corrected chi connectivity index (χ3v) is 7.59. The molecule has 0 N–H and O–H groups in total. The molecule has 0 spiro atoms. The van der Waals surface area contributed by atoms with E-state index >= 15 is 0 Å². The molecule has 30 heavy (non-hydrogen) atoms. The number of sulfonamides is 1. The molecule has 2 aromatic rings. The predicted molar refractivity (Wildman–Crippen MR) is 112 cm³/mol. The number of amides is 1. The molecule has 2 fully saturated rings. The van der Waals surface area contributed by atoms with Gasteiger partial charge < -0.3 is 4.90 Å². The Hall–Kier alpha value is -2.29. The van der Waals surface area contributed by atoms with Gasteiger partial charge in [-0.15, -0.1) is 0 Å². The summed E-state index contributed by atoms with van der Waals surface area (Å²) >= 11 is 0. The maximum atomic E-state index is 13.1. The van der Waals surface area contributed by atoms with Crippen molar-refractivity contribution in [3.8, 4) is 0 Å². The molecule has 0 atom stereocenters. The van der Waals surface area contributed by atoms with E-state index in [0.29, 0.717) is 25.7 Å². The largest absolute Gasteiger partial charge is 0.339 e. The van der Waals surface area contributed by atoms with Crippen LogP contribution < -0.4 is 0 Å². The number of halogens is 1. The number of piperazine rings is 1. The number of hydrogen-bond donors (Lipinski definition) is 0. The predicted octanol–water partition coefficient (Wildman–Crippen LogP) is 2.32. The third kappa shape index (κ3) is 4.88. The first kappa shape index (κ1) is 21.0. The highest BCUT2D eigenvalue weighted by Gasteiger charge is 2.34. The van der Waals surface area contributed by atoms with E-state index in [4.69, 9.17) is 0 Å². The normalized spacial score (nSPS) is 18.0. The van der Waals surface area contributed by atoms with Crippen molar-refractivity contribution < 1.29 is 17.6 Å². The van der Waals surface area contributed by atoms with E-state index < -0.39 is 15.8 Å². The Kier molecular flexibility index (Phi) is 6.17. The van der Waals surface area contributed by atoms with Crippen LogP contribution in [0.5, 0.6) is 0 Å². The lowest BCUT2D eigenvalue weighted by Gasteiger charge is -2.35. The Labute approximate surface area is 176 Å². The van der Waals surface area contributed by atoms with Gasteiger partial charge in [0.2, 0.25) is 15.9 Å². The molecular formula is C22H26FN3O3S. The fourth-order valence-corrected chi connectivity index (χ4v) is 5.20. The third-order valence-electron chi connectivity index (χ3n) is 5.67. The summed E-state index contributed by atoms with van der Waals surface area (Å²) < 4.78 is 40.0. The van der Waals surface area contributed by atoms with Crippen LogP contribution in [0, 0.1) is 5.82 Å². The molecule has 1 saturated carbocycles. The van der Waals surface area contributed by atoms with Crippen LogP contribution in [0.4, 0.5) is 4.39 Å². The lowest BCUT2D eigenvalue weighted by molar-refractivity contribution is -0.133. The van der Waals surface area contributed by atoms with E-state index in [2.05, 4.69) is 17.0 Å². The van der Waals surface area contributed by atoms with Crippen molar-refractivity contribution in [1.82, 2.24) is 14.1 Å². The fraction of sp³-hybridized carbons (Fsp3) is 0.409. The van der Waals surface area contributed by atoms with Crippen molar-refractivity contribution in [3.63, 3.8) is 0 Å². The molecule has 2 aromatic carbocycles. The van der Waals surface area contributed by atoms with Gasteiger partial charge in [0.1, 0.15) is 5.82 Å². The Morgan fingerprint density at radius 2 is 1.60 bits per heavy atom. The summed E-state index contributed by atoms with van der Waals surface area (Å²) in [6.45, 7) is 2.31. The smallest absolute Gasteiger partial charge is 0.243 e. The van der Waals surface area contributed by atoms with Crippen LogP contribution in [0.1, 0.15) is 18.4 Å². The molecule has 1 aliphatic heterocycles. The van der Waals surface area contributed by atoms with Crippen molar-refractivity contribution in [2.24, 2.45) is 0 Å². The Morgan fingerprint density at radius 1 is 0.967 bits per heavy atom. The molecule has 0 radical (unpaired) electrons. The summed E-state index contributed by atoms with van der Waals surface area (Å²) in [5.74, 6) is -0.434. The van der Waals surface area contributed by atoms with Crippen LogP contribution in [-0.2, 0) is 21.4 Å². The first-order chi connectivity index (χ1) is 14.4. The first-order valence-electron chi connectivity index (χ1n) is 10.2. The Morgan fingerprint density at radius 3 is 2.20 bits per heavy atom. The van der Waals surface area contributed by atoms with E-state index in [1.54, 1.807) is 4.90 Å². The SMILES string of the molecule is O=C(CN(Cc1ccccc1)C1CC1)N1CCN(S(=O)(=O)c2ccc(F)cc2)CC1. The molecule has 1 heterocycles. The summed E-state index contributed by atoms with van der Waals surface area (Å²) in [5, 5.41) is 0. The van der Waals surface area contributed by atoms with Gasteiger partial charge in [0.05, 0.1) is 11.4 Å². The molecule has 4 rings (SSSR count). The maximum absolute atomic E-state index is 13.1. The number of carbonyl (C=O) groups excluding carboxylic acids is 1. The molecule has 6 nitrogen and oxygen atoms in total. The summed E-state index contributed by atoms with van der Waals surface area (Å²) in [6.07, 6.45) is 2.23. The van der Waals surface area contributed by atoms with Gasteiger partial charge in [-0.2, -0.15) is 4.31 Å². The van der Waals surface area contributed by atoms with Gasteiger partial charge in [0, 0.05) is 38.8 Å². The second-order valence-electron chi connectivity index (χ2n) is 7.86. The first-order valence-corrected chi connectivity index (χ1v) is 11.7. The highest BCUT2D eigenvalue weighted by Crippen LogP contribution is 2.28. The lowest BCUT2D eigenvalue weighted by Crippen LogP contribution is -2.52. The molecule has 2 aliphatic rings. The highest BCUT2D eigenvalue weighted by molar-refractivity contribution is 7.89. The molecular weight excluding hydrogens is 405 g/mol. The highest BCUT2D eigenvalue weighted by atomic mass is 32.2. The Balaban J connectivity index is 1.34. The number of rotatable bonds is 7. The van der Waals surface area contributed by atoms with Gasteiger partial charge >= 0.3 is 0 Å². The number of hydrogen-bond acceptors (Lipinski definition) is 4. The van der Waals surface area contributed by atoms with Crippen LogP contribution in [0.3, 0.4) is 0 Å². The zero-order chi connectivity index (χ0) is 21.1. The molecule has 0 bridgehead atoms. The van der Waals surface area contributed by atoms with Gasteiger partial charge in [0.25, 0.3) is 0 Å². The minimum Gasteiger partial charge on any atom is -0.339 e. The van der Waals surface area contributed by atoms with Gasteiger partial charge in [-0.25, -0.2) is 12.8 Å². The van der Waals surface area contributed by atoms with Gasteiger partial charge in [0.15, 0.2) is 0 Å². The summed E-state index contributed by atoms with van der Waals surface area (Å²) in [7, 11) is -3.68. The average molecular weight is 432 g/mol. The summed E-state index contributed by atoms with van der Waals surface area (Å²) in [4.78, 5) is 16.9. The zero-order valence-corrected chi connectivity index (χ0v) is 17.6. The van der Waals surface area contributed by atoms with E-state index in [9.17, 15) is 17.6 Å². The van der Waals surface area contributed by atoms with E-state index in [1.165, 1.54) is 22.0 Å². The van der Waals surface area contributed by atoms with Crippen molar-refractivity contribution in [3.05, 3.63) is 66.0 Å². The van der Waals surface area contributed by atoms with Gasteiger partial charge in [-0.1, -0.05) is 30.3 Å². The van der Waals surface area contributed by atoms with E-state index in [1.807, 2.05) is 18.2 Å². The van der Waals surface area contributed by atoms with E-state index in [-0.39, 0.29) is 23.9 Å². The monoisotopic (exact) mass is 431 g/mol.